The molecule has 0 aliphatic carbocycles. The zero-order chi connectivity index (χ0) is 16.3. The van der Waals surface area contributed by atoms with E-state index >= 15 is 0 Å². The van der Waals surface area contributed by atoms with Crippen LogP contribution in [-0.2, 0) is 9.84 Å². The lowest BCUT2D eigenvalue weighted by atomic mass is 10.1. The summed E-state index contributed by atoms with van der Waals surface area (Å²) in [5.41, 5.74) is 2.99. The van der Waals surface area contributed by atoms with E-state index in [1.54, 1.807) is 26.0 Å². The van der Waals surface area contributed by atoms with Crippen LogP contribution in [0.15, 0.2) is 41.6 Å². The molecule has 1 aromatic heterocycles. The van der Waals surface area contributed by atoms with Crippen molar-refractivity contribution >= 4 is 15.7 Å². The first-order valence-electron chi connectivity index (χ1n) is 6.54. The summed E-state index contributed by atoms with van der Waals surface area (Å²) in [7, 11) is -3.34. The Bertz CT molecular complexity index is 786. The third-order valence-electron chi connectivity index (χ3n) is 3.12. The fourth-order valence-electron chi connectivity index (χ4n) is 1.86. The first-order valence-corrected chi connectivity index (χ1v) is 8.09. The van der Waals surface area contributed by atoms with Gasteiger partial charge in [-0.15, -0.1) is 0 Å². The number of hydrazine groups is 1. The Kier molecular flexibility index (Phi) is 4.53. The second kappa shape index (κ2) is 6.20. The van der Waals surface area contributed by atoms with E-state index in [2.05, 4.69) is 9.97 Å². The molecule has 1 amide bonds. The number of rotatable bonds is 4. The molecule has 1 heterocycles. The third kappa shape index (κ3) is 2.97. The maximum absolute atomic E-state index is 12.1. The average molecular weight is 320 g/mol. The van der Waals surface area contributed by atoms with Gasteiger partial charge in [-0.3, -0.25) is 15.2 Å². The van der Waals surface area contributed by atoms with E-state index in [-0.39, 0.29) is 10.6 Å². The van der Waals surface area contributed by atoms with Crippen molar-refractivity contribution in [3.8, 4) is 11.3 Å². The van der Waals surface area contributed by atoms with Crippen LogP contribution in [0, 0.1) is 0 Å². The highest BCUT2D eigenvalue weighted by molar-refractivity contribution is 7.92. The zero-order valence-corrected chi connectivity index (χ0v) is 13.0. The monoisotopic (exact) mass is 320 g/mol. The van der Waals surface area contributed by atoms with Gasteiger partial charge in [0.05, 0.1) is 10.1 Å². The third-order valence-corrected chi connectivity index (χ3v) is 5.29. The lowest BCUT2D eigenvalue weighted by Gasteiger charge is -2.09. The van der Waals surface area contributed by atoms with Crippen LogP contribution in [0.5, 0.6) is 0 Å². The van der Waals surface area contributed by atoms with E-state index in [9.17, 15) is 13.2 Å². The molecule has 2 aromatic rings. The summed E-state index contributed by atoms with van der Waals surface area (Å²) in [6.07, 6.45) is 2.83. The van der Waals surface area contributed by atoms with Crippen LogP contribution < -0.4 is 11.3 Å². The number of carbonyl (C=O) groups excluding carboxylic acids is 1. The topological polar surface area (TPSA) is 115 Å². The van der Waals surface area contributed by atoms with E-state index in [0.29, 0.717) is 11.3 Å². The van der Waals surface area contributed by atoms with Crippen molar-refractivity contribution in [2.45, 2.75) is 24.0 Å². The Morgan fingerprint density at radius 2 is 1.73 bits per heavy atom. The SMILES string of the molecule is CC(C)S(=O)(=O)c1ccc(-c2nccnc2C(=O)NN)cc1. The molecule has 2 rings (SSSR count). The van der Waals surface area contributed by atoms with E-state index in [4.69, 9.17) is 5.84 Å². The molecule has 3 N–H and O–H groups in total. The van der Waals surface area contributed by atoms with Crippen molar-refractivity contribution < 1.29 is 13.2 Å². The number of nitrogens with one attached hydrogen (secondary N) is 1. The van der Waals surface area contributed by atoms with Gasteiger partial charge in [0.2, 0.25) is 0 Å². The molecule has 0 fully saturated rings. The number of nitrogens with two attached hydrogens (primary N) is 1. The average Bonchev–Trinajstić information content (AvgIpc) is 2.54. The maximum Gasteiger partial charge on any atom is 0.286 e. The van der Waals surface area contributed by atoms with Crippen molar-refractivity contribution in [2.24, 2.45) is 5.84 Å². The fraction of sp³-hybridized carbons (Fsp3) is 0.214. The van der Waals surface area contributed by atoms with E-state index < -0.39 is 21.0 Å². The van der Waals surface area contributed by atoms with Gasteiger partial charge in [-0.25, -0.2) is 19.2 Å². The predicted octanol–water partition coefficient (Wildman–Crippen LogP) is 0.929. The van der Waals surface area contributed by atoms with Crippen molar-refractivity contribution in [2.75, 3.05) is 0 Å². The van der Waals surface area contributed by atoms with Gasteiger partial charge in [-0.05, 0) is 26.0 Å². The van der Waals surface area contributed by atoms with Gasteiger partial charge >= 0.3 is 0 Å². The minimum Gasteiger partial charge on any atom is -0.289 e. The lowest BCUT2D eigenvalue weighted by Crippen LogP contribution is -2.31. The molecule has 0 aliphatic heterocycles. The molecule has 8 heteroatoms. The van der Waals surface area contributed by atoms with Crippen molar-refractivity contribution in [3.63, 3.8) is 0 Å². The van der Waals surface area contributed by atoms with Gasteiger partial charge in [0.15, 0.2) is 15.5 Å². The summed E-state index contributed by atoms with van der Waals surface area (Å²) >= 11 is 0. The Morgan fingerprint density at radius 1 is 1.14 bits per heavy atom. The molecular weight excluding hydrogens is 304 g/mol. The molecule has 0 spiro atoms. The van der Waals surface area contributed by atoms with E-state index in [0.717, 1.165) is 0 Å². The summed E-state index contributed by atoms with van der Waals surface area (Å²) in [5.74, 6) is 4.55. The molecule has 1 aromatic carbocycles. The molecule has 0 aliphatic rings. The van der Waals surface area contributed by atoms with Crippen LogP contribution >= 0.6 is 0 Å². The quantitative estimate of drug-likeness (QED) is 0.492. The number of hydrogen-bond donors (Lipinski definition) is 2. The molecule has 0 radical (unpaired) electrons. The predicted molar refractivity (Wildman–Crippen MR) is 81.4 cm³/mol. The largest absolute Gasteiger partial charge is 0.289 e. The molecule has 7 nitrogen and oxygen atoms in total. The number of aromatic nitrogens is 2. The second-order valence-electron chi connectivity index (χ2n) is 4.85. The summed E-state index contributed by atoms with van der Waals surface area (Å²) in [5, 5.41) is -0.506. The zero-order valence-electron chi connectivity index (χ0n) is 12.1. The van der Waals surface area contributed by atoms with Gasteiger partial charge in [0, 0.05) is 18.0 Å². The van der Waals surface area contributed by atoms with Crippen LogP contribution in [0.1, 0.15) is 24.3 Å². The molecule has 0 bridgehead atoms. The van der Waals surface area contributed by atoms with Gasteiger partial charge in [-0.1, -0.05) is 12.1 Å². The molecule has 0 saturated heterocycles. The van der Waals surface area contributed by atoms with Crippen LogP contribution in [-0.4, -0.2) is 29.5 Å². The van der Waals surface area contributed by atoms with E-state index in [1.807, 2.05) is 5.43 Å². The van der Waals surface area contributed by atoms with Crippen LogP contribution in [0.4, 0.5) is 0 Å². The van der Waals surface area contributed by atoms with E-state index in [1.165, 1.54) is 24.5 Å². The molecular formula is C14H16N4O3S. The Balaban J connectivity index is 2.47. The minimum absolute atomic E-state index is 0.0736. The highest BCUT2D eigenvalue weighted by Gasteiger charge is 2.20. The van der Waals surface area contributed by atoms with Crippen LogP contribution in [0.25, 0.3) is 11.3 Å². The normalized spacial score (nSPS) is 11.5. The Morgan fingerprint density at radius 3 is 2.27 bits per heavy atom. The second-order valence-corrected chi connectivity index (χ2v) is 7.35. The fourth-order valence-corrected chi connectivity index (χ4v) is 2.92. The highest BCUT2D eigenvalue weighted by Crippen LogP contribution is 2.23. The van der Waals surface area contributed by atoms with Gasteiger partial charge in [0.25, 0.3) is 5.91 Å². The number of nitrogens with zero attached hydrogens (tertiary/aromatic N) is 2. The first kappa shape index (κ1) is 16.1. The number of nitrogen functional groups attached to an aromatic ring is 1. The Labute approximate surface area is 128 Å². The number of hydrogen-bond acceptors (Lipinski definition) is 6. The molecule has 0 unspecified atom stereocenters. The van der Waals surface area contributed by atoms with Crippen molar-refractivity contribution in [3.05, 3.63) is 42.4 Å². The van der Waals surface area contributed by atoms with Gasteiger partial charge < -0.3 is 0 Å². The van der Waals surface area contributed by atoms with Gasteiger partial charge in [-0.2, -0.15) is 0 Å². The standard InChI is InChI=1S/C14H16N4O3S/c1-9(2)22(20,21)11-5-3-10(4-6-11)12-13(14(19)18-15)17-8-7-16-12/h3-9H,15H2,1-2H3,(H,18,19). The molecule has 22 heavy (non-hydrogen) atoms. The molecule has 116 valence electrons. The smallest absolute Gasteiger partial charge is 0.286 e. The number of benzene rings is 1. The number of carbonyl (C=O) groups is 1. The first-order chi connectivity index (χ1) is 10.4. The maximum atomic E-state index is 12.1. The Hall–Kier alpha value is -2.32. The van der Waals surface area contributed by atoms with Crippen LogP contribution in [0.2, 0.25) is 0 Å². The van der Waals surface area contributed by atoms with Crippen molar-refractivity contribution in [1.82, 2.24) is 15.4 Å². The molecule has 0 atom stereocenters. The van der Waals surface area contributed by atoms with Crippen LogP contribution in [0.3, 0.4) is 0 Å². The molecule has 0 saturated carbocycles. The summed E-state index contributed by atoms with van der Waals surface area (Å²) < 4.78 is 24.2. The summed E-state index contributed by atoms with van der Waals surface area (Å²) in [6, 6.07) is 6.16. The van der Waals surface area contributed by atoms with Crippen molar-refractivity contribution in [1.29, 1.82) is 0 Å². The summed E-state index contributed by atoms with van der Waals surface area (Å²) in [6.45, 7) is 3.24. The highest BCUT2D eigenvalue weighted by atomic mass is 32.2. The number of amides is 1. The number of sulfone groups is 1. The van der Waals surface area contributed by atoms with Gasteiger partial charge in [0.1, 0.15) is 5.69 Å². The minimum atomic E-state index is -3.34. The lowest BCUT2D eigenvalue weighted by molar-refractivity contribution is 0.0949. The summed E-state index contributed by atoms with van der Waals surface area (Å²) in [4.78, 5) is 20.0.